The summed E-state index contributed by atoms with van der Waals surface area (Å²) in [6.45, 7) is 0.0618. The van der Waals surface area contributed by atoms with Gasteiger partial charge < -0.3 is 4.98 Å². The Bertz CT molecular complexity index is 1010. The molecular weight excluding hydrogens is 319 g/mol. The van der Waals surface area contributed by atoms with Crippen LogP contribution in [-0.4, -0.2) is 13.4 Å². The molecule has 0 spiro atoms. The molecule has 0 amide bonds. The summed E-state index contributed by atoms with van der Waals surface area (Å²) >= 11 is 0. The lowest BCUT2D eigenvalue weighted by molar-refractivity contribution is 0.581. The van der Waals surface area contributed by atoms with E-state index in [4.69, 9.17) is 0 Å². The minimum atomic E-state index is -3.71. The van der Waals surface area contributed by atoms with E-state index in [9.17, 15) is 17.6 Å². The van der Waals surface area contributed by atoms with Crippen LogP contribution >= 0.6 is 0 Å². The van der Waals surface area contributed by atoms with Crippen LogP contribution < -0.4 is 10.3 Å². The average molecular weight is 332 g/mol. The van der Waals surface area contributed by atoms with Crippen molar-refractivity contribution in [3.05, 3.63) is 76.3 Å². The van der Waals surface area contributed by atoms with Crippen LogP contribution in [0.2, 0.25) is 0 Å². The fourth-order valence-corrected chi connectivity index (χ4v) is 3.22. The van der Waals surface area contributed by atoms with Gasteiger partial charge in [-0.15, -0.1) is 0 Å². The largest absolute Gasteiger partial charge is 0.322 e. The molecule has 0 bridgehead atoms. The highest BCUT2D eigenvalue weighted by Crippen LogP contribution is 2.16. The molecule has 118 valence electrons. The van der Waals surface area contributed by atoms with E-state index < -0.39 is 10.0 Å². The Hall–Kier alpha value is -2.51. The molecule has 0 aliphatic heterocycles. The van der Waals surface area contributed by atoms with E-state index in [0.29, 0.717) is 16.5 Å². The van der Waals surface area contributed by atoms with Gasteiger partial charge in [-0.05, 0) is 47.3 Å². The van der Waals surface area contributed by atoms with E-state index in [2.05, 4.69) is 9.71 Å². The number of sulfonamides is 1. The topological polar surface area (TPSA) is 79.0 Å². The molecule has 0 radical (unpaired) electrons. The second-order valence-corrected chi connectivity index (χ2v) is 6.79. The van der Waals surface area contributed by atoms with Crippen LogP contribution in [0.5, 0.6) is 0 Å². The molecule has 1 heterocycles. The molecule has 0 aliphatic carbocycles. The van der Waals surface area contributed by atoms with Gasteiger partial charge >= 0.3 is 0 Å². The van der Waals surface area contributed by atoms with Crippen molar-refractivity contribution < 1.29 is 12.8 Å². The van der Waals surface area contributed by atoms with E-state index in [0.717, 1.165) is 0 Å². The molecule has 0 atom stereocenters. The monoisotopic (exact) mass is 332 g/mol. The first-order valence-electron chi connectivity index (χ1n) is 6.81. The Labute approximate surface area is 131 Å². The highest BCUT2D eigenvalue weighted by Gasteiger charge is 2.14. The Morgan fingerprint density at radius 2 is 1.74 bits per heavy atom. The molecule has 3 rings (SSSR count). The summed E-state index contributed by atoms with van der Waals surface area (Å²) in [6.07, 6.45) is 0. The molecule has 3 aromatic rings. The van der Waals surface area contributed by atoms with Crippen molar-refractivity contribution in [2.45, 2.75) is 11.4 Å². The molecule has 2 N–H and O–H groups in total. The number of fused-ring (bicyclic) bond motifs is 1. The van der Waals surface area contributed by atoms with Gasteiger partial charge in [0.2, 0.25) is 15.6 Å². The van der Waals surface area contributed by atoms with Crippen molar-refractivity contribution >= 4 is 20.9 Å². The molecule has 0 saturated carbocycles. The van der Waals surface area contributed by atoms with Crippen LogP contribution in [0.25, 0.3) is 10.9 Å². The van der Waals surface area contributed by atoms with Gasteiger partial charge in [0, 0.05) is 18.1 Å². The van der Waals surface area contributed by atoms with Crippen molar-refractivity contribution in [1.29, 1.82) is 0 Å². The minimum Gasteiger partial charge on any atom is -0.322 e. The lowest BCUT2D eigenvalue weighted by Crippen LogP contribution is -2.23. The van der Waals surface area contributed by atoms with Gasteiger partial charge in [0.1, 0.15) is 5.82 Å². The van der Waals surface area contributed by atoms with E-state index in [1.165, 1.54) is 42.5 Å². The van der Waals surface area contributed by atoms with Crippen LogP contribution in [0.15, 0.2) is 64.3 Å². The SMILES string of the molecule is O=c1ccc2cc(S(=O)(=O)NCc3ccc(F)cc3)ccc2[nH]1. The molecule has 0 aliphatic rings. The maximum atomic E-state index is 12.8. The number of pyridine rings is 1. The van der Waals surface area contributed by atoms with E-state index in [1.54, 1.807) is 12.1 Å². The molecule has 7 heteroatoms. The zero-order valence-electron chi connectivity index (χ0n) is 11.9. The van der Waals surface area contributed by atoms with Gasteiger partial charge in [-0.2, -0.15) is 0 Å². The molecule has 2 aromatic carbocycles. The fourth-order valence-electron chi connectivity index (χ4n) is 2.16. The van der Waals surface area contributed by atoms with Crippen LogP contribution in [-0.2, 0) is 16.6 Å². The summed E-state index contributed by atoms with van der Waals surface area (Å²) in [7, 11) is -3.71. The summed E-state index contributed by atoms with van der Waals surface area (Å²) in [5.41, 5.74) is 0.970. The molecule has 0 fully saturated rings. The summed E-state index contributed by atoms with van der Waals surface area (Å²) in [5.74, 6) is -0.375. The van der Waals surface area contributed by atoms with Crippen molar-refractivity contribution in [1.82, 2.24) is 9.71 Å². The third kappa shape index (κ3) is 3.46. The second-order valence-electron chi connectivity index (χ2n) is 5.02. The Balaban J connectivity index is 1.85. The van der Waals surface area contributed by atoms with E-state index >= 15 is 0 Å². The number of hydrogen-bond acceptors (Lipinski definition) is 3. The lowest BCUT2D eigenvalue weighted by Gasteiger charge is -2.08. The summed E-state index contributed by atoms with van der Waals surface area (Å²) in [6, 6.07) is 12.9. The van der Waals surface area contributed by atoms with Crippen molar-refractivity contribution in [3.8, 4) is 0 Å². The quantitative estimate of drug-likeness (QED) is 0.768. The lowest BCUT2D eigenvalue weighted by atomic mass is 10.2. The van der Waals surface area contributed by atoms with Gasteiger partial charge in [-0.25, -0.2) is 17.5 Å². The van der Waals surface area contributed by atoms with Gasteiger partial charge in [-0.3, -0.25) is 4.79 Å². The first-order valence-corrected chi connectivity index (χ1v) is 8.30. The van der Waals surface area contributed by atoms with Crippen LogP contribution in [0.1, 0.15) is 5.56 Å². The first-order chi connectivity index (χ1) is 10.9. The Kier molecular flexibility index (Phi) is 3.97. The third-order valence-corrected chi connectivity index (χ3v) is 4.78. The highest BCUT2D eigenvalue weighted by molar-refractivity contribution is 7.89. The summed E-state index contributed by atoms with van der Waals surface area (Å²) in [5, 5.41) is 0.620. The van der Waals surface area contributed by atoms with Crippen LogP contribution in [0.3, 0.4) is 0 Å². The zero-order chi connectivity index (χ0) is 16.4. The van der Waals surface area contributed by atoms with Gasteiger partial charge in [0.25, 0.3) is 0 Å². The van der Waals surface area contributed by atoms with E-state index in [1.807, 2.05) is 0 Å². The van der Waals surface area contributed by atoms with Gasteiger partial charge in [-0.1, -0.05) is 12.1 Å². The number of hydrogen-bond donors (Lipinski definition) is 2. The first kappa shape index (κ1) is 15.4. The number of rotatable bonds is 4. The van der Waals surface area contributed by atoms with E-state index in [-0.39, 0.29) is 22.8 Å². The highest BCUT2D eigenvalue weighted by atomic mass is 32.2. The smallest absolute Gasteiger partial charge is 0.248 e. The predicted octanol–water partition coefficient (Wildman–Crippen LogP) is 2.15. The van der Waals surface area contributed by atoms with Gasteiger partial charge in [0.05, 0.1) is 4.90 Å². The fraction of sp³-hybridized carbons (Fsp3) is 0.0625. The maximum absolute atomic E-state index is 12.8. The predicted molar refractivity (Wildman–Crippen MR) is 85.0 cm³/mol. The Morgan fingerprint density at radius 3 is 2.48 bits per heavy atom. The van der Waals surface area contributed by atoms with Crippen LogP contribution in [0.4, 0.5) is 4.39 Å². The number of aromatic amines is 1. The zero-order valence-corrected chi connectivity index (χ0v) is 12.7. The summed E-state index contributed by atoms with van der Waals surface area (Å²) < 4.78 is 40.0. The molecular formula is C16H13FN2O3S. The average Bonchev–Trinajstić information content (AvgIpc) is 2.54. The van der Waals surface area contributed by atoms with Crippen molar-refractivity contribution in [2.24, 2.45) is 0 Å². The molecule has 0 saturated heterocycles. The summed E-state index contributed by atoms with van der Waals surface area (Å²) in [4.78, 5) is 14.0. The van der Waals surface area contributed by atoms with Crippen LogP contribution in [0, 0.1) is 5.82 Å². The number of aromatic nitrogens is 1. The number of H-pyrrole nitrogens is 1. The normalized spacial score (nSPS) is 11.7. The molecule has 1 aromatic heterocycles. The maximum Gasteiger partial charge on any atom is 0.248 e. The molecule has 0 unspecified atom stereocenters. The number of halogens is 1. The standard InChI is InChI=1S/C16H13FN2O3S/c17-13-4-1-11(2-5-13)10-18-23(21,22)14-6-7-15-12(9-14)3-8-16(20)19-15/h1-9,18H,10H2,(H,19,20). The molecule has 5 nitrogen and oxygen atoms in total. The van der Waals surface area contributed by atoms with Crippen molar-refractivity contribution in [3.63, 3.8) is 0 Å². The number of benzene rings is 2. The second kappa shape index (κ2) is 5.94. The third-order valence-electron chi connectivity index (χ3n) is 3.39. The minimum absolute atomic E-state index is 0.0618. The van der Waals surface area contributed by atoms with Crippen molar-refractivity contribution in [2.75, 3.05) is 0 Å². The van der Waals surface area contributed by atoms with Gasteiger partial charge in [0.15, 0.2) is 0 Å². The number of nitrogens with one attached hydrogen (secondary N) is 2. The Morgan fingerprint density at radius 1 is 1.00 bits per heavy atom. The molecule has 23 heavy (non-hydrogen) atoms.